The first kappa shape index (κ1) is 10.3. The van der Waals surface area contributed by atoms with Crippen molar-refractivity contribution in [2.24, 2.45) is 5.73 Å². The summed E-state index contributed by atoms with van der Waals surface area (Å²) in [6, 6.07) is 18.8. The van der Waals surface area contributed by atoms with Crippen molar-refractivity contribution in [3.8, 4) is 11.1 Å². The van der Waals surface area contributed by atoms with Crippen molar-refractivity contribution >= 4 is 0 Å². The van der Waals surface area contributed by atoms with Crippen LogP contribution in [0.5, 0.6) is 0 Å². The molecule has 0 saturated carbocycles. The molecule has 2 heteroatoms. The van der Waals surface area contributed by atoms with Gasteiger partial charge in [-0.05, 0) is 35.7 Å². The van der Waals surface area contributed by atoms with Crippen LogP contribution in [-0.2, 0) is 0 Å². The third-order valence-electron chi connectivity index (χ3n) is 3.53. The van der Waals surface area contributed by atoms with Crippen LogP contribution >= 0.6 is 0 Å². The van der Waals surface area contributed by atoms with E-state index in [4.69, 9.17) is 7.15 Å². The monoisotopic (exact) mass is 239 g/mol. The molecule has 3 rings (SSSR count). The van der Waals surface area contributed by atoms with Crippen molar-refractivity contribution < 1.29 is 1.41 Å². The Bertz CT molecular complexity index is 546. The molecular weight excluding hydrogens is 220 g/mol. The smallest absolute Gasteiger partial charge is 0.123 e. The first-order chi connectivity index (χ1) is 9.25. The third-order valence-corrected chi connectivity index (χ3v) is 3.53. The van der Waals surface area contributed by atoms with E-state index in [0.717, 1.165) is 18.5 Å². The van der Waals surface area contributed by atoms with Gasteiger partial charge in [-0.2, -0.15) is 0 Å². The van der Waals surface area contributed by atoms with Crippen molar-refractivity contribution in [2.75, 3.05) is 6.54 Å². The lowest BCUT2D eigenvalue weighted by molar-refractivity contribution is 0.571. The number of benzene rings is 2. The lowest BCUT2D eigenvalue weighted by Crippen LogP contribution is -2.28. The maximum absolute atomic E-state index is 7.99. The minimum Gasteiger partial charge on any atom is -0.326 e. The highest BCUT2D eigenvalue weighted by Crippen LogP contribution is 2.26. The minimum absolute atomic E-state index is 0.0173. The van der Waals surface area contributed by atoms with Crippen LogP contribution in [0.25, 0.3) is 11.1 Å². The third kappa shape index (κ3) is 2.17. The molecule has 1 aliphatic rings. The molecule has 0 amide bonds. The second-order valence-corrected chi connectivity index (χ2v) is 4.80. The van der Waals surface area contributed by atoms with Gasteiger partial charge in [-0.15, -0.1) is 0 Å². The Balaban J connectivity index is 1.96. The molecule has 0 aromatic heterocycles. The second-order valence-electron chi connectivity index (χ2n) is 4.80. The summed E-state index contributed by atoms with van der Waals surface area (Å²) in [7, 11) is 0. The van der Waals surface area contributed by atoms with E-state index in [-0.39, 0.29) is 12.1 Å². The van der Waals surface area contributed by atoms with Gasteiger partial charge in [0.2, 0.25) is 0 Å². The summed E-state index contributed by atoms with van der Waals surface area (Å²) in [5.41, 5.74) is 9.66. The van der Waals surface area contributed by atoms with Crippen molar-refractivity contribution in [1.82, 2.24) is 5.31 Å². The average Bonchev–Trinajstić information content (AvgIpc) is 2.79. The molecule has 2 atom stereocenters. The van der Waals surface area contributed by atoms with E-state index < -0.39 is 0 Å². The molecule has 18 heavy (non-hydrogen) atoms. The maximum Gasteiger partial charge on any atom is 0.123 e. The number of hydrogen-bond acceptors (Lipinski definition) is 2. The van der Waals surface area contributed by atoms with Gasteiger partial charge in [-0.1, -0.05) is 48.5 Å². The second kappa shape index (κ2) is 4.92. The summed E-state index contributed by atoms with van der Waals surface area (Å²) >= 11 is 0. The largest absolute Gasteiger partial charge is 0.326 e. The summed E-state index contributed by atoms with van der Waals surface area (Å²) in [5.74, 6) is 0. The van der Waals surface area contributed by atoms with E-state index in [1.54, 1.807) is 5.31 Å². The Morgan fingerprint density at radius 2 is 1.83 bits per heavy atom. The highest BCUT2D eigenvalue weighted by atomic mass is 15.0. The highest BCUT2D eigenvalue weighted by molar-refractivity contribution is 5.64. The zero-order chi connectivity index (χ0) is 13.2. The molecule has 2 aromatic rings. The van der Waals surface area contributed by atoms with Crippen LogP contribution in [0.1, 0.15) is 18.0 Å². The molecule has 92 valence electrons. The van der Waals surface area contributed by atoms with Crippen molar-refractivity contribution in [2.45, 2.75) is 18.5 Å². The molecular formula is C16H18N2. The SMILES string of the molecule is [2H]N1CCC(N)[C@H]1c1cccc(-c2ccccc2)c1. The lowest BCUT2D eigenvalue weighted by Gasteiger charge is -2.17. The van der Waals surface area contributed by atoms with E-state index in [1.807, 2.05) is 18.2 Å². The summed E-state index contributed by atoms with van der Waals surface area (Å²) < 4.78 is 7.99. The van der Waals surface area contributed by atoms with Crippen LogP contribution < -0.4 is 11.0 Å². The molecule has 2 aromatic carbocycles. The average molecular weight is 239 g/mol. The van der Waals surface area contributed by atoms with E-state index in [9.17, 15) is 0 Å². The van der Waals surface area contributed by atoms with Crippen LogP contribution in [0, 0.1) is 0 Å². The van der Waals surface area contributed by atoms with Gasteiger partial charge in [0.15, 0.2) is 0 Å². The van der Waals surface area contributed by atoms with Gasteiger partial charge in [-0.25, -0.2) is 0 Å². The Morgan fingerprint density at radius 3 is 2.56 bits per heavy atom. The number of rotatable bonds is 2. The van der Waals surface area contributed by atoms with E-state index >= 15 is 0 Å². The number of nitrogens with one attached hydrogen (secondary N) is 1. The summed E-state index contributed by atoms with van der Waals surface area (Å²) in [4.78, 5) is 0. The highest BCUT2D eigenvalue weighted by Gasteiger charge is 2.24. The fourth-order valence-corrected chi connectivity index (χ4v) is 2.54. The predicted molar refractivity (Wildman–Crippen MR) is 75.2 cm³/mol. The van der Waals surface area contributed by atoms with E-state index in [0.29, 0.717) is 0 Å². The Hall–Kier alpha value is -1.64. The zero-order valence-corrected chi connectivity index (χ0v) is 10.3. The van der Waals surface area contributed by atoms with Gasteiger partial charge >= 0.3 is 0 Å². The van der Waals surface area contributed by atoms with Crippen molar-refractivity contribution in [3.05, 3.63) is 60.2 Å². The van der Waals surface area contributed by atoms with Crippen LogP contribution in [0.15, 0.2) is 54.6 Å². The van der Waals surface area contributed by atoms with Crippen LogP contribution in [0.2, 0.25) is 1.41 Å². The molecule has 0 bridgehead atoms. The van der Waals surface area contributed by atoms with E-state index in [2.05, 4.69) is 36.4 Å². The molecule has 1 fully saturated rings. The topological polar surface area (TPSA) is 38.0 Å². The van der Waals surface area contributed by atoms with Crippen LogP contribution in [-0.4, -0.2) is 12.6 Å². The van der Waals surface area contributed by atoms with Gasteiger partial charge in [0.25, 0.3) is 0 Å². The quantitative estimate of drug-likeness (QED) is 0.845. The standard InChI is InChI=1S/C16H18N2/c17-15-9-10-18-16(15)14-8-4-7-13(11-14)12-5-2-1-3-6-12/h1-8,11,15-16,18H,9-10,17H2/t15?,16-/m1/s1/i/hD. The molecule has 2 nitrogen and oxygen atoms in total. The summed E-state index contributed by atoms with van der Waals surface area (Å²) in [6.07, 6.45) is 0.893. The fourth-order valence-electron chi connectivity index (χ4n) is 2.54. The van der Waals surface area contributed by atoms with E-state index in [1.165, 1.54) is 11.1 Å². The maximum atomic E-state index is 7.99. The van der Waals surface area contributed by atoms with Crippen molar-refractivity contribution in [1.29, 1.82) is 0 Å². The summed E-state index contributed by atoms with van der Waals surface area (Å²) in [5, 5.41) is 1.61. The Labute approximate surface area is 109 Å². The van der Waals surface area contributed by atoms with Gasteiger partial charge < -0.3 is 11.0 Å². The molecule has 1 saturated heterocycles. The Morgan fingerprint density at radius 1 is 1.06 bits per heavy atom. The molecule has 1 unspecified atom stereocenters. The van der Waals surface area contributed by atoms with Gasteiger partial charge in [-0.3, -0.25) is 0 Å². The summed E-state index contributed by atoms with van der Waals surface area (Å²) in [6.45, 7) is 0.751. The molecule has 0 radical (unpaired) electrons. The fraction of sp³-hybridized carbons (Fsp3) is 0.250. The molecule has 0 spiro atoms. The number of hydrogen-bond donors (Lipinski definition) is 2. The normalized spacial score (nSPS) is 25.1. The van der Waals surface area contributed by atoms with Gasteiger partial charge in [0.1, 0.15) is 1.41 Å². The molecule has 1 aliphatic heterocycles. The lowest BCUT2D eigenvalue weighted by atomic mass is 9.97. The minimum atomic E-state index is 0.0173. The first-order valence-electron chi connectivity index (χ1n) is 6.87. The first-order valence-corrected chi connectivity index (χ1v) is 6.42. The zero-order valence-electron chi connectivity index (χ0n) is 11.3. The van der Waals surface area contributed by atoms with Gasteiger partial charge in [0.05, 0.1) is 0 Å². The molecule has 3 N–H and O–H groups in total. The number of nitrogens with two attached hydrogens (primary N) is 1. The molecule has 0 aliphatic carbocycles. The van der Waals surface area contributed by atoms with Crippen LogP contribution in [0.3, 0.4) is 0 Å². The molecule has 1 heterocycles. The van der Waals surface area contributed by atoms with Crippen LogP contribution in [0.4, 0.5) is 0 Å². The van der Waals surface area contributed by atoms with Gasteiger partial charge in [0, 0.05) is 12.1 Å². The predicted octanol–water partition coefficient (Wildman–Crippen LogP) is 2.72. The Kier molecular flexibility index (Phi) is 2.82. The van der Waals surface area contributed by atoms with Crippen molar-refractivity contribution in [3.63, 3.8) is 0 Å².